The highest BCUT2D eigenvalue weighted by molar-refractivity contribution is 5.78. The highest BCUT2D eigenvalue weighted by Gasteiger charge is 2.14. The average Bonchev–Trinajstić information content (AvgIpc) is 2.52. The number of aromatic hydroxyl groups is 1. The lowest BCUT2D eigenvalue weighted by Gasteiger charge is -2.19. The number of rotatable bonds is 6. The van der Waals surface area contributed by atoms with Crippen LogP contribution in [0.25, 0.3) is 0 Å². The third kappa shape index (κ3) is 13.8. The summed E-state index contributed by atoms with van der Waals surface area (Å²) in [5, 5.41) is 14.2. The molecule has 0 saturated carbocycles. The third-order valence-corrected chi connectivity index (χ3v) is 2.58. The maximum absolute atomic E-state index is 11.2. The first-order chi connectivity index (χ1) is 11.7. The minimum atomic E-state index is -0.432. The first-order valence-electron chi connectivity index (χ1n) is 8.09. The van der Waals surface area contributed by atoms with E-state index >= 15 is 0 Å². The molecule has 8 nitrogen and oxygen atoms in total. The minimum absolute atomic E-state index is 0.0545. The zero-order valence-electron chi connectivity index (χ0n) is 15.2. The maximum atomic E-state index is 11.2. The number of benzene rings is 1. The molecule has 0 heterocycles. The number of ether oxygens (including phenoxy) is 1. The van der Waals surface area contributed by atoms with Crippen LogP contribution in [0.3, 0.4) is 0 Å². The predicted octanol–water partition coefficient (Wildman–Crippen LogP) is 0.479. The fourth-order valence-corrected chi connectivity index (χ4v) is 1.56. The van der Waals surface area contributed by atoms with Gasteiger partial charge in [0.25, 0.3) is 0 Å². The third-order valence-electron chi connectivity index (χ3n) is 2.58. The highest BCUT2D eigenvalue weighted by Crippen LogP contribution is 2.09. The lowest BCUT2D eigenvalue weighted by Crippen LogP contribution is -2.35. The molecular weight excluding hydrogens is 324 g/mol. The maximum Gasteiger partial charge on any atom is 0.407 e. The summed E-state index contributed by atoms with van der Waals surface area (Å²) in [5.41, 5.74) is 10.9. The van der Waals surface area contributed by atoms with Crippen LogP contribution < -0.4 is 22.1 Å². The lowest BCUT2D eigenvalue weighted by molar-refractivity contribution is -0.120. The molecule has 0 saturated heterocycles. The summed E-state index contributed by atoms with van der Waals surface area (Å²) in [6.07, 6.45) is -0.0942. The van der Waals surface area contributed by atoms with E-state index in [0.717, 1.165) is 5.56 Å². The highest BCUT2D eigenvalue weighted by atomic mass is 16.6. The van der Waals surface area contributed by atoms with E-state index in [1.54, 1.807) is 24.3 Å². The zero-order chi connectivity index (χ0) is 19.3. The number of hydrogen-bond donors (Lipinski definition) is 5. The number of alkyl carbamates (subject to hydrolysis) is 1. The fourth-order valence-electron chi connectivity index (χ4n) is 1.56. The van der Waals surface area contributed by atoms with Crippen molar-refractivity contribution in [2.75, 3.05) is 26.2 Å². The van der Waals surface area contributed by atoms with Gasteiger partial charge in [-0.25, -0.2) is 4.79 Å². The van der Waals surface area contributed by atoms with Crippen molar-refractivity contribution in [1.82, 2.24) is 10.6 Å². The molecule has 142 valence electrons. The summed E-state index contributed by atoms with van der Waals surface area (Å²) in [7, 11) is 0. The predicted molar refractivity (Wildman–Crippen MR) is 97.2 cm³/mol. The molecule has 0 aromatic heterocycles. The summed E-state index contributed by atoms with van der Waals surface area (Å²) in [6.45, 7) is 7.27. The molecular formula is C17H30N4O4. The Bertz CT molecular complexity index is 512. The van der Waals surface area contributed by atoms with Crippen molar-refractivity contribution in [3.05, 3.63) is 29.8 Å². The largest absolute Gasteiger partial charge is 0.508 e. The first kappa shape index (κ1) is 22.7. The molecule has 0 radical (unpaired) electrons. The number of hydrogen-bond acceptors (Lipinski definition) is 6. The van der Waals surface area contributed by atoms with Crippen molar-refractivity contribution in [2.24, 2.45) is 11.5 Å². The second-order valence-corrected chi connectivity index (χ2v) is 6.20. The molecule has 0 unspecified atom stereocenters. The second kappa shape index (κ2) is 12.1. The Balaban J connectivity index is 0.000000477. The van der Waals surface area contributed by atoms with Gasteiger partial charge in [-0.3, -0.25) is 4.79 Å². The van der Waals surface area contributed by atoms with E-state index in [0.29, 0.717) is 32.6 Å². The van der Waals surface area contributed by atoms with Gasteiger partial charge in [-0.2, -0.15) is 0 Å². The van der Waals surface area contributed by atoms with Gasteiger partial charge < -0.3 is 31.9 Å². The van der Waals surface area contributed by atoms with E-state index < -0.39 is 11.7 Å². The summed E-state index contributed by atoms with van der Waals surface area (Å²) in [6, 6.07) is 6.56. The Morgan fingerprint density at radius 1 is 1.04 bits per heavy atom. The second-order valence-electron chi connectivity index (χ2n) is 6.20. The molecule has 1 rings (SSSR count). The van der Waals surface area contributed by atoms with Crippen LogP contribution in [0.2, 0.25) is 0 Å². The monoisotopic (exact) mass is 354 g/mol. The van der Waals surface area contributed by atoms with Crippen LogP contribution in [0.15, 0.2) is 24.3 Å². The van der Waals surface area contributed by atoms with E-state index in [9.17, 15) is 9.59 Å². The van der Waals surface area contributed by atoms with Gasteiger partial charge in [0.15, 0.2) is 0 Å². The number of carbonyl (C=O) groups excluding carboxylic acids is 2. The molecule has 0 spiro atoms. The van der Waals surface area contributed by atoms with Gasteiger partial charge in [0.05, 0.1) is 6.42 Å². The molecule has 0 bridgehead atoms. The summed E-state index contributed by atoms with van der Waals surface area (Å²) in [5.74, 6) is 0.150. The molecule has 8 heteroatoms. The van der Waals surface area contributed by atoms with E-state index in [4.69, 9.17) is 21.3 Å². The Morgan fingerprint density at radius 3 is 2.04 bits per heavy atom. The van der Waals surface area contributed by atoms with Crippen molar-refractivity contribution in [1.29, 1.82) is 0 Å². The van der Waals surface area contributed by atoms with Crippen LogP contribution in [0.4, 0.5) is 4.79 Å². The van der Waals surface area contributed by atoms with Crippen LogP contribution in [0.1, 0.15) is 26.3 Å². The Hall–Kier alpha value is -2.32. The molecule has 25 heavy (non-hydrogen) atoms. The first-order valence-corrected chi connectivity index (χ1v) is 8.09. The molecule has 2 amide bonds. The van der Waals surface area contributed by atoms with Crippen molar-refractivity contribution in [3.8, 4) is 5.75 Å². The number of phenols is 1. The molecule has 0 fully saturated rings. The number of phenolic OH excluding ortho intramolecular Hbond substituents is 1. The molecule has 1 aromatic carbocycles. The van der Waals surface area contributed by atoms with Gasteiger partial charge in [0, 0.05) is 26.2 Å². The van der Waals surface area contributed by atoms with Gasteiger partial charge in [-0.15, -0.1) is 0 Å². The van der Waals surface area contributed by atoms with E-state index in [2.05, 4.69) is 10.6 Å². The van der Waals surface area contributed by atoms with Crippen molar-refractivity contribution >= 4 is 12.0 Å². The Kier molecular flexibility index (Phi) is 11.0. The number of amides is 2. The van der Waals surface area contributed by atoms with Crippen LogP contribution in [0, 0.1) is 0 Å². The van der Waals surface area contributed by atoms with Gasteiger partial charge in [0.1, 0.15) is 11.4 Å². The molecule has 0 aliphatic carbocycles. The van der Waals surface area contributed by atoms with Crippen LogP contribution in [-0.4, -0.2) is 48.9 Å². The quantitative estimate of drug-likeness (QED) is 0.503. The van der Waals surface area contributed by atoms with E-state index in [1.165, 1.54) is 0 Å². The average molecular weight is 354 g/mol. The van der Waals surface area contributed by atoms with Gasteiger partial charge in [-0.05, 0) is 38.5 Å². The normalized spacial score (nSPS) is 10.3. The smallest absolute Gasteiger partial charge is 0.407 e. The van der Waals surface area contributed by atoms with Crippen LogP contribution >= 0.6 is 0 Å². The van der Waals surface area contributed by atoms with Gasteiger partial charge in [0.2, 0.25) is 5.91 Å². The Labute approximate surface area is 148 Å². The van der Waals surface area contributed by atoms with Crippen LogP contribution in [0.5, 0.6) is 5.75 Å². The summed E-state index contributed by atoms with van der Waals surface area (Å²) in [4.78, 5) is 22.1. The van der Waals surface area contributed by atoms with E-state index in [-0.39, 0.29) is 11.7 Å². The topological polar surface area (TPSA) is 140 Å². The molecule has 1 aromatic rings. The number of carbonyl (C=O) groups is 2. The molecule has 0 aliphatic heterocycles. The fraction of sp³-hybridized carbons (Fsp3) is 0.529. The van der Waals surface area contributed by atoms with Crippen LogP contribution in [-0.2, 0) is 16.0 Å². The van der Waals surface area contributed by atoms with Crippen molar-refractivity contribution in [3.63, 3.8) is 0 Å². The van der Waals surface area contributed by atoms with E-state index in [1.807, 2.05) is 20.8 Å². The van der Waals surface area contributed by atoms with Gasteiger partial charge >= 0.3 is 6.09 Å². The Morgan fingerprint density at radius 2 is 1.56 bits per heavy atom. The molecule has 0 aliphatic rings. The number of nitrogens with one attached hydrogen (secondary N) is 2. The van der Waals surface area contributed by atoms with Gasteiger partial charge in [-0.1, -0.05) is 12.1 Å². The minimum Gasteiger partial charge on any atom is -0.508 e. The summed E-state index contributed by atoms with van der Waals surface area (Å²) < 4.78 is 4.93. The molecule has 7 N–H and O–H groups in total. The number of nitrogens with two attached hydrogens (primary N) is 2. The molecule has 0 atom stereocenters. The standard InChI is InChI=1S/C10H14N2O2.C7H16N2O2/c11-5-6-12-10(14)7-8-1-3-9(13)4-2-8;1-7(2,3)11-6(10)9-5-4-8/h1-4,13H,5-7,11H2,(H,12,14);4-5,8H2,1-3H3,(H,9,10). The van der Waals surface area contributed by atoms with Crippen molar-refractivity contribution < 1.29 is 19.4 Å². The SMILES string of the molecule is CC(C)(C)OC(=O)NCCN.NCCNC(=O)Cc1ccc(O)cc1. The zero-order valence-corrected chi connectivity index (χ0v) is 15.2. The van der Waals surface area contributed by atoms with Crippen molar-refractivity contribution in [2.45, 2.75) is 32.8 Å². The summed E-state index contributed by atoms with van der Waals surface area (Å²) >= 11 is 0. The lowest BCUT2D eigenvalue weighted by atomic mass is 10.1.